The summed E-state index contributed by atoms with van der Waals surface area (Å²) in [4.78, 5) is 5.42. The summed E-state index contributed by atoms with van der Waals surface area (Å²) >= 11 is 2.01. The van der Waals surface area contributed by atoms with Crippen LogP contribution in [-0.2, 0) is 37.9 Å². The number of thiophene rings is 1. The van der Waals surface area contributed by atoms with Crippen LogP contribution in [0.2, 0.25) is 0 Å². The number of fused-ring (bicyclic) bond motifs is 16. The number of rotatable bonds is 2. The van der Waals surface area contributed by atoms with Gasteiger partial charge in [-0.25, -0.2) is 0 Å². The van der Waals surface area contributed by atoms with E-state index >= 15 is 0 Å². The van der Waals surface area contributed by atoms with Crippen LogP contribution in [0.3, 0.4) is 0 Å². The number of para-hydroxylation sites is 1. The molecule has 5 heterocycles. The number of hydrogen-bond acceptors (Lipinski definition) is 5. The van der Waals surface area contributed by atoms with E-state index in [1.165, 1.54) is 111 Å². The van der Waals surface area contributed by atoms with Crippen LogP contribution >= 0.6 is 11.3 Å². The average Bonchev–Trinajstić information content (AvgIpc) is 4.21. The van der Waals surface area contributed by atoms with E-state index in [1.54, 1.807) is 0 Å². The molecule has 5 aliphatic rings. The minimum absolute atomic E-state index is 0.00293. The van der Waals surface area contributed by atoms with Crippen LogP contribution < -0.4 is 20.0 Å². The Morgan fingerprint density at radius 2 is 1.00 bits per heavy atom. The average molecular weight is 1040 g/mol. The first-order valence-corrected chi connectivity index (χ1v) is 30.0. The Morgan fingerprint density at radius 3 is 1.64 bits per heavy atom. The SMILES string of the molecule is CC(C)(C)c1ccc(N2B3c4sc5cc6c(cc5c4N(c4ccc5c(c4)C(C)(C)CCC5(C)C)c4cc5c(oc7ccccc75)c(c43)-c3cc4c(cc32)oc2cc3c(cc24)C(C)(C)CCC3(C)C)C(C)(C)CCC6(C)C)cc1. The molecule has 10 aromatic rings. The van der Waals surface area contributed by atoms with Crippen LogP contribution in [0.15, 0.2) is 118 Å². The topological polar surface area (TPSA) is 32.8 Å². The zero-order valence-corrected chi connectivity index (χ0v) is 49.6. The maximum Gasteiger partial charge on any atom is 0.343 e. The minimum atomic E-state index is -0.189. The number of hydrogen-bond donors (Lipinski definition) is 0. The van der Waals surface area contributed by atoms with Crippen LogP contribution in [0.1, 0.15) is 181 Å². The van der Waals surface area contributed by atoms with Gasteiger partial charge >= 0.3 is 6.85 Å². The molecule has 6 heteroatoms. The van der Waals surface area contributed by atoms with Crippen molar-refractivity contribution in [2.24, 2.45) is 0 Å². The Hall–Kier alpha value is -6.24. The van der Waals surface area contributed by atoms with Crippen molar-refractivity contribution in [3.05, 3.63) is 148 Å². The molecule has 2 aliphatic heterocycles. The van der Waals surface area contributed by atoms with Gasteiger partial charge in [0.15, 0.2) is 0 Å². The van der Waals surface area contributed by atoms with Gasteiger partial charge in [-0.2, -0.15) is 0 Å². The van der Waals surface area contributed by atoms with Gasteiger partial charge in [-0.3, -0.25) is 0 Å². The van der Waals surface area contributed by atoms with E-state index in [0.29, 0.717) is 0 Å². The highest BCUT2D eigenvalue weighted by molar-refractivity contribution is 7.32. The summed E-state index contributed by atoms with van der Waals surface area (Å²) in [5.41, 5.74) is 23.9. The smallest absolute Gasteiger partial charge is 0.343 e. The highest BCUT2D eigenvalue weighted by Crippen LogP contribution is 2.58. The predicted octanol–water partition coefficient (Wildman–Crippen LogP) is 19.8. The summed E-state index contributed by atoms with van der Waals surface area (Å²) in [7, 11) is 0. The maximum atomic E-state index is 7.35. The van der Waals surface area contributed by atoms with Gasteiger partial charge in [0.25, 0.3) is 0 Å². The third-order valence-corrected chi connectivity index (χ3v) is 22.0. The maximum absolute atomic E-state index is 7.35. The van der Waals surface area contributed by atoms with Gasteiger partial charge in [0.1, 0.15) is 22.3 Å². The highest BCUT2D eigenvalue weighted by Gasteiger charge is 2.50. The monoisotopic (exact) mass is 1040 g/mol. The molecule has 3 aliphatic carbocycles. The number of anilines is 5. The van der Waals surface area contributed by atoms with Crippen molar-refractivity contribution in [1.82, 2.24) is 0 Å². The van der Waals surface area contributed by atoms with Gasteiger partial charge in [0, 0.05) is 76.4 Å². The molecule has 0 radical (unpaired) electrons. The number of benzene rings is 7. The zero-order valence-electron chi connectivity index (χ0n) is 48.8. The lowest BCUT2D eigenvalue weighted by Crippen LogP contribution is -2.60. The van der Waals surface area contributed by atoms with Crippen molar-refractivity contribution in [3.8, 4) is 11.1 Å². The Morgan fingerprint density at radius 1 is 0.462 bits per heavy atom. The molecule has 78 heavy (non-hydrogen) atoms. The van der Waals surface area contributed by atoms with Crippen molar-refractivity contribution < 1.29 is 8.83 Å². The van der Waals surface area contributed by atoms with E-state index in [-0.39, 0.29) is 44.8 Å². The molecular weight excluding hydrogens is 968 g/mol. The van der Waals surface area contributed by atoms with Gasteiger partial charge in [0.2, 0.25) is 0 Å². The van der Waals surface area contributed by atoms with Crippen LogP contribution in [0.5, 0.6) is 0 Å². The molecule has 4 nitrogen and oxygen atoms in total. The summed E-state index contributed by atoms with van der Waals surface area (Å²) in [6.45, 7) is 36.2. The van der Waals surface area contributed by atoms with Gasteiger partial charge in [-0.05, 0) is 188 Å². The molecular formula is C72H75BN2O2S. The minimum Gasteiger partial charge on any atom is -0.456 e. The van der Waals surface area contributed by atoms with Crippen molar-refractivity contribution in [2.75, 3.05) is 9.71 Å². The quantitative estimate of drug-likeness (QED) is 0.162. The molecule has 0 bridgehead atoms. The zero-order chi connectivity index (χ0) is 54.3. The highest BCUT2D eigenvalue weighted by atomic mass is 32.1. The van der Waals surface area contributed by atoms with Crippen LogP contribution in [0.4, 0.5) is 28.4 Å². The molecule has 0 amide bonds. The summed E-state index contributed by atoms with van der Waals surface area (Å²) in [5, 5.41) is 5.98. The second kappa shape index (κ2) is 15.4. The third kappa shape index (κ3) is 6.65. The van der Waals surface area contributed by atoms with Crippen molar-refractivity contribution >= 4 is 111 Å². The largest absolute Gasteiger partial charge is 0.456 e. The predicted molar refractivity (Wildman–Crippen MR) is 335 cm³/mol. The van der Waals surface area contributed by atoms with Crippen molar-refractivity contribution in [1.29, 1.82) is 0 Å². The normalized spacial score (nSPS) is 20.0. The summed E-state index contributed by atoms with van der Waals surface area (Å²) in [6, 6.07) is 43.4. The lowest BCUT2D eigenvalue weighted by molar-refractivity contribution is 0.332. The second-order valence-electron chi connectivity index (χ2n) is 29.7. The Bertz CT molecular complexity index is 4280. The Balaban J connectivity index is 1.11. The van der Waals surface area contributed by atoms with Crippen molar-refractivity contribution in [3.63, 3.8) is 0 Å². The molecule has 0 saturated carbocycles. The molecule has 3 aromatic heterocycles. The van der Waals surface area contributed by atoms with Gasteiger partial charge in [0.05, 0.1) is 5.69 Å². The summed E-state index contributed by atoms with van der Waals surface area (Å²) < 4.78 is 17.3. The lowest BCUT2D eigenvalue weighted by atomic mass is 9.46. The fourth-order valence-corrected chi connectivity index (χ4v) is 16.8. The molecule has 0 saturated heterocycles. The van der Waals surface area contributed by atoms with Gasteiger partial charge in [-0.15, -0.1) is 11.3 Å². The van der Waals surface area contributed by atoms with E-state index in [1.807, 2.05) is 11.3 Å². The first-order valence-electron chi connectivity index (χ1n) is 29.2. The van der Waals surface area contributed by atoms with E-state index in [9.17, 15) is 0 Å². The number of nitrogens with zero attached hydrogens (tertiary/aromatic N) is 2. The molecule has 0 spiro atoms. The molecule has 0 unspecified atom stereocenters. The molecule has 15 rings (SSSR count). The summed E-state index contributed by atoms with van der Waals surface area (Å²) in [6.07, 6.45) is 6.97. The summed E-state index contributed by atoms with van der Waals surface area (Å²) in [5.74, 6) is 0. The van der Waals surface area contributed by atoms with Crippen LogP contribution in [0, 0.1) is 0 Å². The second-order valence-corrected chi connectivity index (χ2v) is 30.8. The van der Waals surface area contributed by atoms with Gasteiger partial charge in [-0.1, -0.05) is 140 Å². The fraction of sp³-hybridized carbons (Fsp3) is 0.389. The van der Waals surface area contributed by atoms with Crippen LogP contribution in [0.25, 0.3) is 65.1 Å². The first-order chi connectivity index (χ1) is 36.7. The molecule has 0 fully saturated rings. The molecule has 0 N–H and O–H groups in total. The first kappa shape index (κ1) is 48.9. The Labute approximate surface area is 466 Å². The molecule has 394 valence electrons. The standard InChI is InChI=1S/C72H75BN2O2S/c1-66(2,3)40-20-22-41(23-21-40)75-55-39-59-44(45-34-51-53(37-58(45)76-59)71(12,13)30-28-69(51,8)9)33-47(55)61-62-56(36-46-43-18-16-17-19-57(43)77-64(46)61)74(42-24-25-49-50(32-42)68(6,7)27-26-67(49,4)5)63-48-35-52-54(38-60(48)78-65(63)73(62)75)72(14,15)31-29-70(52,10)11/h16-25,32-39H,26-31H2,1-15H3. The van der Waals surface area contributed by atoms with Crippen molar-refractivity contribution in [2.45, 2.75) is 180 Å². The molecule has 0 atom stereocenters. The fourth-order valence-electron chi connectivity index (χ4n) is 15.5. The number of furan rings is 2. The molecule has 7 aromatic carbocycles. The van der Waals surface area contributed by atoms with E-state index in [0.717, 1.165) is 69.9 Å². The van der Waals surface area contributed by atoms with E-state index in [4.69, 9.17) is 8.83 Å². The van der Waals surface area contributed by atoms with E-state index in [2.05, 4.69) is 223 Å². The third-order valence-electron chi connectivity index (χ3n) is 20.8. The van der Waals surface area contributed by atoms with Gasteiger partial charge < -0.3 is 18.5 Å². The Kier molecular flexibility index (Phi) is 9.62. The lowest BCUT2D eigenvalue weighted by Gasteiger charge is -2.46. The van der Waals surface area contributed by atoms with E-state index < -0.39 is 0 Å². The van der Waals surface area contributed by atoms with Crippen LogP contribution in [-0.4, -0.2) is 6.85 Å².